The topological polar surface area (TPSA) is 54.3 Å². The number of anilines is 1. The van der Waals surface area contributed by atoms with Gasteiger partial charge in [-0.3, -0.25) is 4.79 Å². The highest BCUT2D eigenvalue weighted by Gasteiger charge is 2.20. The van der Waals surface area contributed by atoms with Crippen LogP contribution in [0, 0.1) is 6.92 Å². The molecule has 6 heteroatoms. The van der Waals surface area contributed by atoms with Crippen molar-refractivity contribution < 1.29 is 9.90 Å². The minimum atomic E-state index is -0.306. The van der Waals surface area contributed by atoms with Crippen LogP contribution >= 0.6 is 23.2 Å². The SMILES string of the molecule is CCn1c(C(=O)Nc2cc(Cl)ccc2O)c(C)c2cc(Cl)ccc21. The van der Waals surface area contributed by atoms with E-state index in [-0.39, 0.29) is 17.3 Å². The largest absolute Gasteiger partial charge is 0.506 e. The standard InChI is InChI=1S/C18H16Cl2N2O2/c1-3-22-15-6-4-11(19)8-13(15)10(2)17(22)18(24)21-14-9-12(20)5-7-16(14)23/h4-9,23H,3H2,1-2H3,(H,21,24). The Hall–Kier alpha value is -2.17. The second-order valence-electron chi connectivity index (χ2n) is 5.49. The van der Waals surface area contributed by atoms with E-state index in [0.29, 0.717) is 22.3 Å². The molecule has 0 aliphatic carbocycles. The molecule has 1 amide bonds. The van der Waals surface area contributed by atoms with E-state index in [1.807, 2.05) is 30.5 Å². The highest BCUT2D eigenvalue weighted by Crippen LogP contribution is 2.31. The van der Waals surface area contributed by atoms with E-state index in [9.17, 15) is 9.90 Å². The fraction of sp³-hybridized carbons (Fsp3) is 0.167. The monoisotopic (exact) mass is 362 g/mol. The van der Waals surface area contributed by atoms with E-state index in [4.69, 9.17) is 23.2 Å². The molecule has 2 aromatic carbocycles. The number of phenolic OH excluding ortho intramolecular Hbond substituents is 1. The van der Waals surface area contributed by atoms with Crippen molar-refractivity contribution >= 4 is 45.7 Å². The zero-order chi connectivity index (χ0) is 17.4. The first-order chi connectivity index (χ1) is 11.4. The molecule has 3 rings (SSSR count). The lowest BCUT2D eigenvalue weighted by Crippen LogP contribution is -2.18. The molecular formula is C18H16Cl2N2O2. The summed E-state index contributed by atoms with van der Waals surface area (Å²) in [6.45, 7) is 4.49. The van der Waals surface area contributed by atoms with Crippen LogP contribution in [0.5, 0.6) is 5.75 Å². The molecule has 2 N–H and O–H groups in total. The van der Waals surface area contributed by atoms with Crippen molar-refractivity contribution in [2.75, 3.05) is 5.32 Å². The minimum absolute atomic E-state index is 0.0346. The van der Waals surface area contributed by atoms with Gasteiger partial charge in [0.2, 0.25) is 0 Å². The van der Waals surface area contributed by atoms with Crippen LogP contribution in [-0.2, 0) is 6.54 Å². The highest BCUT2D eigenvalue weighted by atomic mass is 35.5. The molecule has 0 aliphatic heterocycles. The van der Waals surface area contributed by atoms with Gasteiger partial charge in [0, 0.05) is 27.5 Å². The molecule has 0 spiro atoms. The Morgan fingerprint density at radius 3 is 2.54 bits per heavy atom. The van der Waals surface area contributed by atoms with Gasteiger partial charge in [-0.15, -0.1) is 0 Å². The summed E-state index contributed by atoms with van der Waals surface area (Å²) in [7, 11) is 0. The Morgan fingerprint density at radius 2 is 1.83 bits per heavy atom. The molecule has 0 bridgehead atoms. The molecule has 1 heterocycles. The number of hydrogen-bond donors (Lipinski definition) is 2. The molecule has 4 nitrogen and oxygen atoms in total. The number of aryl methyl sites for hydroxylation is 2. The number of carbonyl (C=O) groups excluding carboxylic acids is 1. The Labute approximate surface area is 149 Å². The Bertz CT molecular complexity index is 948. The van der Waals surface area contributed by atoms with Crippen LogP contribution in [-0.4, -0.2) is 15.6 Å². The number of hydrogen-bond acceptors (Lipinski definition) is 2. The van der Waals surface area contributed by atoms with E-state index in [2.05, 4.69) is 5.32 Å². The van der Waals surface area contributed by atoms with Gasteiger partial charge in [-0.1, -0.05) is 23.2 Å². The van der Waals surface area contributed by atoms with Crippen LogP contribution in [0.15, 0.2) is 36.4 Å². The number of benzene rings is 2. The highest BCUT2D eigenvalue weighted by molar-refractivity contribution is 6.31. The lowest BCUT2D eigenvalue weighted by molar-refractivity contribution is 0.101. The summed E-state index contributed by atoms with van der Waals surface area (Å²) in [5.74, 6) is -0.341. The number of halogens is 2. The van der Waals surface area contributed by atoms with Crippen LogP contribution in [0.2, 0.25) is 10.0 Å². The zero-order valence-corrected chi connectivity index (χ0v) is 14.7. The van der Waals surface area contributed by atoms with Gasteiger partial charge in [0.25, 0.3) is 5.91 Å². The van der Waals surface area contributed by atoms with Crippen LogP contribution in [0.1, 0.15) is 23.0 Å². The minimum Gasteiger partial charge on any atom is -0.506 e. The van der Waals surface area contributed by atoms with Gasteiger partial charge in [0.1, 0.15) is 11.4 Å². The average molecular weight is 363 g/mol. The molecule has 1 aromatic heterocycles. The second-order valence-corrected chi connectivity index (χ2v) is 6.37. The number of amides is 1. The second kappa shape index (κ2) is 6.38. The van der Waals surface area contributed by atoms with Gasteiger partial charge in [0.15, 0.2) is 0 Å². The summed E-state index contributed by atoms with van der Waals surface area (Å²) in [6, 6.07) is 10.1. The molecule has 0 atom stereocenters. The van der Waals surface area contributed by atoms with Crippen molar-refractivity contribution in [3.63, 3.8) is 0 Å². The maximum Gasteiger partial charge on any atom is 0.272 e. The number of fused-ring (bicyclic) bond motifs is 1. The normalized spacial score (nSPS) is 11.0. The van der Waals surface area contributed by atoms with Crippen LogP contribution in [0.4, 0.5) is 5.69 Å². The summed E-state index contributed by atoms with van der Waals surface area (Å²) in [6.07, 6.45) is 0. The quantitative estimate of drug-likeness (QED) is 0.626. The molecule has 24 heavy (non-hydrogen) atoms. The van der Waals surface area contributed by atoms with Gasteiger partial charge >= 0.3 is 0 Å². The fourth-order valence-corrected chi connectivity index (χ4v) is 3.25. The predicted molar refractivity (Wildman–Crippen MR) is 98.4 cm³/mol. The number of nitrogens with one attached hydrogen (secondary N) is 1. The van der Waals surface area contributed by atoms with Crippen LogP contribution in [0.3, 0.4) is 0 Å². The molecule has 0 unspecified atom stereocenters. The first-order valence-corrected chi connectivity index (χ1v) is 8.26. The molecule has 0 saturated heterocycles. The third-order valence-electron chi connectivity index (χ3n) is 4.02. The molecule has 124 valence electrons. The summed E-state index contributed by atoms with van der Waals surface area (Å²) in [5.41, 5.74) is 2.60. The van der Waals surface area contributed by atoms with Crippen molar-refractivity contribution in [2.24, 2.45) is 0 Å². The molecule has 3 aromatic rings. The first-order valence-electron chi connectivity index (χ1n) is 7.50. The van der Waals surface area contributed by atoms with E-state index >= 15 is 0 Å². The Balaban J connectivity index is 2.09. The fourth-order valence-electron chi connectivity index (χ4n) is 2.91. The maximum absolute atomic E-state index is 12.8. The number of rotatable bonds is 3. The van der Waals surface area contributed by atoms with Gasteiger partial charge in [-0.2, -0.15) is 0 Å². The van der Waals surface area contributed by atoms with Crippen molar-refractivity contribution in [1.29, 1.82) is 0 Å². The number of phenols is 1. The maximum atomic E-state index is 12.8. The predicted octanol–water partition coefficient (Wildman–Crippen LogP) is 5.23. The molecule has 0 saturated carbocycles. The Kier molecular flexibility index (Phi) is 4.43. The third kappa shape index (κ3) is 2.83. The van der Waals surface area contributed by atoms with Gasteiger partial charge in [-0.25, -0.2) is 0 Å². The lowest BCUT2D eigenvalue weighted by atomic mass is 10.1. The molecular weight excluding hydrogens is 347 g/mol. The van der Waals surface area contributed by atoms with E-state index < -0.39 is 0 Å². The number of aromatic nitrogens is 1. The van der Waals surface area contributed by atoms with Gasteiger partial charge in [-0.05, 0) is 55.8 Å². The lowest BCUT2D eigenvalue weighted by Gasteiger charge is -2.11. The smallest absolute Gasteiger partial charge is 0.272 e. The van der Waals surface area contributed by atoms with Crippen LogP contribution in [0.25, 0.3) is 10.9 Å². The van der Waals surface area contributed by atoms with E-state index in [1.54, 1.807) is 12.1 Å². The summed E-state index contributed by atoms with van der Waals surface area (Å²) < 4.78 is 1.93. The van der Waals surface area contributed by atoms with Crippen molar-refractivity contribution in [3.8, 4) is 5.75 Å². The molecule has 0 radical (unpaired) electrons. The molecule has 0 aliphatic rings. The average Bonchev–Trinajstić information content (AvgIpc) is 2.82. The zero-order valence-electron chi connectivity index (χ0n) is 13.2. The van der Waals surface area contributed by atoms with Crippen LogP contribution < -0.4 is 5.32 Å². The third-order valence-corrected chi connectivity index (χ3v) is 4.49. The first kappa shape index (κ1) is 16.7. The van der Waals surface area contributed by atoms with Crippen molar-refractivity contribution in [3.05, 3.63) is 57.7 Å². The summed E-state index contributed by atoms with van der Waals surface area (Å²) in [5, 5.41) is 14.6. The van der Waals surface area contributed by atoms with E-state index in [0.717, 1.165) is 16.5 Å². The van der Waals surface area contributed by atoms with E-state index in [1.165, 1.54) is 12.1 Å². The van der Waals surface area contributed by atoms with Crippen molar-refractivity contribution in [2.45, 2.75) is 20.4 Å². The summed E-state index contributed by atoms with van der Waals surface area (Å²) >= 11 is 12.0. The number of aromatic hydroxyl groups is 1. The number of nitrogens with zero attached hydrogens (tertiary/aromatic N) is 1. The van der Waals surface area contributed by atoms with Gasteiger partial charge < -0.3 is 15.0 Å². The summed E-state index contributed by atoms with van der Waals surface area (Å²) in [4.78, 5) is 12.8. The van der Waals surface area contributed by atoms with Gasteiger partial charge in [0.05, 0.1) is 5.69 Å². The number of carbonyl (C=O) groups is 1. The molecule has 0 fully saturated rings. The Morgan fingerprint density at radius 1 is 1.17 bits per heavy atom. The van der Waals surface area contributed by atoms with Crippen molar-refractivity contribution in [1.82, 2.24) is 4.57 Å².